The van der Waals surface area contributed by atoms with E-state index in [2.05, 4.69) is 33.4 Å². The Morgan fingerprint density at radius 3 is 2.68 bits per heavy atom. The molecule has 0 atom stereocenters. The molecule has 0 saturated heterocycles. The van der Waals surface area contributed by atoms with Crippen LogP contribution in [0.2, 0.25) is 0 Å². The molecule has 1 aliphatic carbocycles. The van der Waals surface area contributed by atoms with E-state index in [9.17, 15) is 8.42 Å². The molecule has 12 heteroatoms. The first-order valence-electron chi connectivity index (χ1n) is 12.2. The fourth-order valence-corrected chi connectivity index (χ4v) is 7.31. The second-order valence-electron chi connectivity index (χ2n) is 9.60. The number of sulfonamides is 1. The summed E-state index contributed by atoms with van der Waals surface area (Å²) in [5, 5.41) is 11.4. The zero-order valence-corrected chi connectivity index (χ0v) is 23.2. The molecule has 0 radical (unpaired) electrons. The van der Waals surface area contributed by atoms with Crippen LogP contribution in [0.3, 0.4) is 0 Å². The summed E-state index contributed by atoms with van der Waals surface area (Å²) in [6.07, 6.45) is 12.4. The standard InChI is InChI=1S/C25H32N8O2S2/c1-16(2)25(37(34,35)32(5)20-8-9-20)36-17(3)29-23-24-27-13-22(19-12-28-31(4)14-19)33(24)15-21(30-23)18-7-6-10-26-11-18/h7,12-15,20,26H,3,6,8-11H2,1-2,4-5H3,(H,29,30). The van der Waals surface area contributed by atoms with E-state index >= 15 is 0 Å². The predicted octanol–water partition coefficient (Wildman–Crippen LogP) is 3.80. The van der Waals surface area contributed by atoms with E-state index in [0.29, 0.717) is 22.1 Å². The second-order valence-corrected chi connectivity index (χ2v) is 12.9. The van der Waals surface area contributed by atoms with Crippen LogP contribution >= 0.6 is 11.8 Å². The minimum Gasteiger partial charge on any atom is -0.332 e. The molecule has 3 aromatic rings. The van der Waals surface area contributed by atoms with Gasteiger partial charge in [0, 0.05) is 44.6 Å². The van der Waals surface area contributed by atoms with Crippen molar-refractivity contribution in [2.75, 3.05) is 25.5 Å². The summed E-state index contributed by atoms with van der Waals surface area (Å²) in [5.74, 6) is 0.512. The maximum Gasteiger partial charge on any atom is 0.249 e. The van der Waals surface area contributed by atoms with Gasteiger partial charge >= 0.3 is 0 Å². The van der Waals surface area contributed by atoms with E-state index < -0.39 is 10.0 Å². The molecule has 37 heavy (non-hydrogen) atoms. The minimum absolute atomic E-state index is 0.0762. The van der Waals surface area contributed by atoms with Gasteiger partial charge in [-0.05, 0) is 50.8 Å². The Morgan fingerprint density at radius 1 is 1.27 bits per heavy atom. The summed E-state index contributed by atoms with van der Waals surface area (Å²) in [5.41, 5.74) is 5.06. The lowest BCUT2D eigenvalue weighted by Crippen LogP contribution is -2.29. The average Bonchev–Trinajstić information content (AvgIpc) is 3.49. The van der Waals surface area contributed by atoms with Crippen molar-refractivity contribution >= 4 is 38.8 Å². The Hall–Kier alpha value is -2.93. The molecule has 2 N–H and O–H groups in total. The summed E-state index contributed by atoms with van der Waals surface area (Å²) in [4.78, 5) is 9.53. The highest BCUT2D eigenvalue weighted by molar-refractivity contribution is 8.20. The third-order valence-electron chi connectivity index (χ3n) is 6.41. The number of anilines is 1. The first kappa shape index (κ1) is 25.7. The Bertz CT molecular complexity index is 1520. The van der Waals surface area contributed by atoms with Crippen LogP contribution in [0.25, 0.3) is 22.5 Å². The number of allylic oxidation sites excluding steroid dienone is 1. The third-order valence-corrected chi connectivity index (χ3v) is 10.2. The Balaban J connectivity index is 1.51. The number of fused-ring (bicyclic) bond motifs is 1. The van der Waals surface area contributed by atoms with Crippen LogP contribution in [-0.2, 0) is 17.1 Å². The summed E-state index contributed by atoms with van der Waals surface area (Å²) in [6.45, 7) is 9.41. The van der Waals surface area contributed by atoms with E-state index in [4.69, 9.17) is 4.98 Å². The summed E-state index contributed by atoms with van der Waals surface area (Å²) < 4.78 is 32.1. The van der Waals surface area contributed by atoms with Crippen LogP contribution in [-0.4, -0.2) is 63.1 Å². The summed E-state index contributed by atoms with van der Waals surface area (Å²) in [7, 11) is -0.0872. The van der Waals surface area contributed by atoms with Gasteiger partial charge in [0.25, 0.3) is 0 Å². The van der Waals surface area contributed by atoms with Crippen molar-refractivity contribution in [1.29, 1.82) is 0 Å². The lowest BCUT2D eigenvalue weighted by Gasteiger charge is -2.21. The number of aromatic nitrogens is 5. The molecule has 0 aromatic carbocycles. The molecule has 0 unspecified atom stereocenters. The zero-order chi connectivity index (χ0) is 26.3. The molecular weight excluding hydrogens is 508 g/mol. The lowest BCUT2D eigenvalue weighted by molar-refractivity contribution is 0.471. The average molecular weight is 541 g/mol. The number of hydrogen-bond acceptors (Lipinski definition) is 8. The lowest BCUT2D eigenvalue weighted by atomic mass is 10.1. The number of aryl methyl sites for hydroxylation is 1. The van der Waals surface area contributed by atoms with Gasteiger partial charge in [0.2, 0.25) is 10.0 Å². The number of nitrogens with one attached hydrogen (secondary N) is 2. The van der Waals surface area contributed by atoms with E-state index in [1.165, 1.54) is 4.31 Å². The molecule has 2 aliphatic rings. The number of nitrogens with zero attached hydrogens (tertiary/aromatic N) is 6. The molecule has 0 amide bonds. The maximum absolute atomic E-state index is 13.3. The normalized spacial score (nSPS) is 16.2. The number of hydrogen-bond donors (Lipinski definition) is 2. The van der Waals surface area contributed by atoms with E-state index in [0.717, 1.165) is 66.6 Å². The minimum atomic E-state index is -3.61. The highest BCUT2D eigenvalue weighted by Gasteiger charge is 2.37. The molecule has 4 heterocycles. The van der Waals surface area contributed by atoms with Crippen molar-refractivity contribution in [3.05, 3.63) is 58.0 Å². The quantitative estimate of drug-likeness (QED) is 0.422. The van der Waals surface area contributed by atoms with Crippen molar-refractivity contribution in [2.24, 2.45) is 7.05 Å². The van der Waals surface area contributed by atoms with Crippen molar-refractivity contribution in [1.82, 2.24) is 33.8 Å². The molecule has 3 aromatic heterocycles. The molecule has 196 valence electrons. The number of imidazole rings is 1. The Kier molecular flexibility index (Phi) is 7.01. The first-order chi connectivity index (χ1) is 17.6. The molecular formula is C25H32N8O2S2. The fourth-order valence-electron chi connectivity index (χ4n) is 4.28. The zero-order valence-electron chi connectivity index (χ0n) is 21.5. The van der Waals surface area contributed by atoms with Crippen LogP contribution in [0, 0.1) is 0 Å². The van der Waals surface area contributed by atoms with Gasteiger partial charge in [0.05, 0.1) is 28.8 Å². The SMILES string of the molecule is C=C(Nc1nc(C2=CCCNC2)cn2c(-c3cnn(C)c3)cnc12)SC(=C(C)C)S(=O)(=O)N(C)C1CC1. The van der Waals surface area contributed by atoms with Crippen LogP contribution in [0.15, 0.2) is 52.3 Å². The fraction of sp³-hybridized carbons (Fsp3) is 0.400. The molecule has 5 rings (SSSR count). The summed E-state index contributed by atoms with van der Waals surface area (Å²) >= 11 is 1.11. The Labute approximate surface area is 221 Å². The topological polar surface area (TPSA) is 109 Å². The third kappa shape index (κ3) is 5.24. The molecule has 0 bridgehead atoms. The molecule has 10 nitrogen and oxygen atoms in total. The number of rotatable bonds is 9. The maximum atomic E-state index is 13.3. The second kappa shape index (κ2) is 10.1. The molecule has 0 spiro atoms. The van der Waals surface area contributed by atoms with Gasteiger partial charge in [-0.3, -0.25) is 9.08 Å². The van der Waals surface area contributed by atoms with Gasteiger partial charge in [0.15, 0.2) is 11.5 Å². The van der Waals surface area contributed by atoms with Crippen LogP contribution in [0.1, 0.15) is 38.8 Å². The molecule has 1 fully saturated rings. The van der Waals surface area contributed by atoms with Crippen molar-refractivity contribution in [3.8, 4) is 11.3 Å². The van der Waals surface area contributed by atoms with Gasteiger partial charge in [0.1, 0.15) is 4.24 Å². The van der Waals surface area contributed by atoms with Crippen LogP contribution < -0.4 is 10.6 Å². The predicted molar refractivity (Wildman–Crippen MR) is 149 cm³/mol. The van der Waals surface area contributed by atoms with E-state index in [1.807, 2.05) is 37.7 Å². The largest absolute Gasteiger partial charge is 0.332 e. The van der Waals surface area contributed by atoms with Gasteiger partial charge in [-0.25, -0.2) is 18.4 Å². The first-order valence-corrected chi connectivity index (χ1v) is 14.5. The van der Waals surface area contributed by atoms with Gasteiger partial charge in [-0.15, -0.1) is 0 Å². The summed E-state index contributed by atoms with van der Waals surface area (Å²) in [6, 6.07) is 0.0762. The number of thioether (sulfide) groups is 1. The highest BCUT2D eigenvalue weighted by Crippen LogP contribution is 2.38. The van der Waals surface area contributed by atoms with Crippen molar-refractivity contribution in [2.45, 2.75) is 39.2 Å². The van der Waals surface area contributed by atoms with Crippen molar-refractivity contribution in [3.63, 3.8) is 0 Å². The van der Waals surface area contributed by atoms with Gasteiger partial charge in [-0.2, -0.15) is 9.40 Å². The van der Waals surface area contributed by atoms with Crippen LogP contribution in [0.5, 0.6) is 0 Å². The van der Waals surface area contributed by atoms with E-state index in [1.54, 1.807) is 24.1 Å². The van der Waals surface area contributed by atoms with Gasteiger partial charge < -0.3 is 10.6 Å². The highest BCUT2D eigenvalue weighted by atomic mass is 32.3. The molecule has 1 saturated carbocycles. The van der Waals surface area contributed by atoms with Gasteiger partial charge in [-0.1, -0.05) is 24.4 Å². The molecule has 1 aliphatic heterocycles. The Morgan fingerprint density at radius 2 is 2.05 bits per heavy atom. The van der Waals surface area contributed by atoms with Crippen molar-refractivity contribution < 1.29 is 8.42 Å². The monoisotopic (exact) mass is 540 g/mol. The smallest absolute Gasteiger partial charge is 0.249 e. The van der Waals surface area contributed by atoms with Crippen LogP contribution in [0.4, 0.5) is 5.82 Å². The van der Waals surface area contributed by atoms with E-state index in [-0.39, 0.29) is 10.3 Å².